The second kappa shape index (κ2) is 7.45. The number of carboxylic acid groups (broad SMARTS) is 2. The van der Waals surface area contributed by atoms with Gasteiger partial charge >= 0.3 is 11.9 Å². The first-order chi connectivity index (χ1) is 8.20. The van der Waals surface area contributed by atoms with E-state index in [0.717, 1.165) is 11.0 Å². The topological polar surface area (TPSA) is 74.6 Å². The fraction of sp³-hybridized carbons (Fsp3) is 0.385. The van der Waals surface area contributed by atoms with Crippen molar-refractivity contribution in [1.29, 1.82) is 0 Å². The molecule has 0 atom stereocenters. The van der Waals surface area contributed by atoms with Crippen LogP contribution in [0.5, 0.6) is 0 Å². The van der Waals surface area contributed by atoms with Gasteiger partial charge in [0.2, 0.25) is 0 Å². The predicted molar refractivity (Wildman–Crippen MR) is 68.1 cm³/mol. The number of carbonyl (C=O) groups is 2. The molecule has 1 rings (SSSR count). The van der Waals surface area contributed by atoms with E-state index in [2.05, 4.69) is 51.5 Å². The van der Waals surface area contributed by atoms with Crippen LogP contribution < -0.4 is 0 Å². The third-order valence-corrected chi connectivity index (χ3v) is 1.80. The van der Waals surface area contributed by atoms with Gasteiger partial charge in [-0.05, 0) is 0 Å². The molecule has 0 bridgehead atoms. The van der Waals surface area contributed by atoms with Crippen molar-refractivity contribution in [2.24, 2.45) is 0 Å². The van der Waals surface area contributed by atoms with Crippen molar-refractivity contribution >= 4 is 11.9 Å². The Hall–Kier alpha value is -1.88. The Labute approximate surface area is 107 Å². The minimum atomic E-state index is -1.31. The summed E-state index contributed by atoms with van der Waals surface area (Å²) in [6, 6.07) is 10.6. The quantitative estimate of drug-likeness (QED) is 0.629. The first-order valence-corrected chi connectivity index (χ1v) is 5.48. The van der Waals surface area contributed by atoms with Crippen molar-refractivity contribution in [3.63, 3.8) is 0 Å². The van der Waals surface area contributed by atoms with Crippen LogP contribution in [0.25, 0.3) is 0 Å². The minimum absolute atomic E-state index is 0.806. The first kappa shape index (κ1) is 16.1. The summed E-state index contributed by atoms with van der Waals surface area (Å²) in [6.45, 7) is 1.10. The lowest BCUT2D eigenvalue weighted by atomic mass is 10.2. The summed E-state index contributed by atoms with van der Waals surface area (Å²) in [7, 11) is 6.60. The van der Waals surface area contributed by atoms with Crippen LogP contribution in [0.1, 0.15) is 12.0 Å². The van der Waals surface area contributed by atoms with E-state index in [4.69, 9.17) is 10.2 Å². The summed E-state index contributed by atoms with van der Waals surface area (Å²) in [6.07, 6.45) is -0.806. The van der Waals surface area contributed by atoms with Crippen LogP contribution in [0.2, 0.25) is 0 Å². The molecule has 0 aromatic heterocycles. The highest BCUT2D eigenvalue weighted by atomic mass is 16.4. The number of hydrogen-bond donors (Lipinski definition) is 2. The Morgan fingerprint density at radius 1 is 1.00 bits per heavy atom. The molecule has 0 amide bonds. The molecule has 5 heteroatoms. The third-order valence-electron chi connectivity index (χ3n) is 1.80. The normalized spacial score (nSPS) is 10.2. The average Bonchev–Trinajstić information content (AvgIpc) is 2.14. The zero-order chi connectivity index (χ0) is 14.2. The fourth-order valence-electron chi connectivity index (χ4n) is 1.26. The van der Waals surface area contributed by atoms with Gasteiger partial charge in [-0.25, -0.2) is 0 Å². The number of hydrogen-bond acceptors (Lipinski definition) is 2. The Morgan fingerprint density at radius 2 is 1.44 bits per heavy atom. The fourth-order valence-corrected chi connectivity index (χ4v) is 1.26. The van der Waals surface area contributed by atoms with E-state index in [-0.39, 0.29) is 0 Å². The van der Waals surface area contributed by atoms with Crippen LogP contribution in [0.15, 0.2) is 30.3 Å². The van der Waals surface area contributed by atoms with Gasteiger partial charge in [-0.15, -0.1) is 0 Å². The van der Waals surface area contributed by atoms with Gasteiger partial charge in [0, 0.05) is 5.56 Å². The number of nitrogens with zero attached hydrogens (tertiary/aromatic N) is 1. The molecule has 0 aliphatic carbocycles. The summed E-state index contributed by atoms with van der Waals surface area (Å²) in [5.74, 6) is -2.62. The highest BCUT2D eigenvalue weighted by Gasteiger charge is 2.06. The molecule has 0 saturated heterocycles. The summed E-state index contributed by atoms with van der Waals surface area (Å²) in [5, 5.41) is 15.4. The van der Waals surface area contributed by atoms with E-state index in [1.54, 1.807) is 0 Å². The smallest absolute Gasteiger partial charge is 0.314 e. The van der Waals surface area contributed by atoms with Crippen molar-refractivity contribution in [3.05, 3.63) is 35.9 Å². The second-order valence-electron chi connectivity index (χ2n) is 4.90. The summed E-state index contributed by atoms with van der Waals surface area (Å²) >= 11 is 0. The van der Waals surface area contributed by atoms with Crippen LogP contribution in [0.4, 0.5) is 0 Å². The molecule has 0 heterocycles. The van der Waals surface area contributed by atoms with E-state index in [1.807, 2.05) is 0 Å². The maximum absolute atomic E-state index is 9.43. The lowest BCUT2D eigenvalue weighted by Gasteiger charge is -2.23. The van der Waals surface area contributed by atoms with Gasteiger partial charge in [-0.1, -0.05) is 30.3 Å². The maximum Gasteiger partial charge on any atom is 0.314 e. The lowest BCUT2D eigenvalue weighted by molar-refractivity contribution is -0.884. The van der Waals surface area contributed by atoms with E-state index in [9.17, 15) is 9.59 Å². The number of carboxylic acids is 2. The Bertz CT molecular complexity index is 370. The summed E-state index contributed by atoms with van der Waals surface area (Å²) in [4.78, 5) is 18.9. The zero-order valence-corrected chi connectivity index (χ0v) is 11.0. The van der Waals surface area contributed by atoms with E-state index >= 15 is 0 Å². The minimum Gasteiger partial charge on any atom is -0.481 e. The molecule has 2 N–H and O–H groups in total. The van der Waals surface area contributed by atoms with Gasteiger partial charge < -0.3 is 14.7 Å². The molecule has 100 valence electrons. The van der Waals surface area contributed by atoms with Crippen molar-refractivity contribution in [2.75, 3.05) is 21.1 Å². The van der Waals surface area contributed by atoms with Crippen LogP contribution in [-0.4, -0.2) is 47.8 Å². The first-order valence-electron chi connectivity index (χ1n) is 5.48. The van der Waals surface area contributed by atoms with Crippen molar-refractivity contribution < 1.29 is 24.3 Å². The largest absolute Gasteiger partial charge is 0.481 e. The van der Waals surface area contributed by atoms with E-state index in [0.29, 0.717) is 0 Å². The molecular formula is C13H20NO4+. The molecule has 5 nitrogen and oxygen atoms in total. The van der Waals surface area contributed by atoms with Gasteiger partial charge in [0.15, 0.2) is 0 Å². The molecule has 0 unspecified atom stereocenters. The molecule has 0 spiro atoms. The monoisotopic (exact) mass is 254 g/mol. The van der Waals surface area contributed by atoms with Gasteiger partial charge in [0.25, 0.3) is 0 Å². The van der Waals surface area contributed by atoms with Crippen molar-refractivity contribution in [2.45, 2.75) is 13.0 Å². The molecule has 0 fully saturated rings. The van der Waals surface area contributed by atoms with Gasteiger partial charge in [0.05, 0.1) is 21.1 Å². The summed E-state index contributed by atoms with van der Waals surface area (Å²) in [5.41, 5.74) is 1.40. The SMILES string of the molecule is C[N+](C)(C)Cc1ccccc1.O=C(O)CC(=O)O. The summed E-state index contributed by atoms with van der Waals surface area (Å²) < 4.78 is 0.990. The van der Waals surface area contributed by atoms with Gasteiger partial charge in [-0.2, -0.15) is 0 Å². The average molecular weight is 254 g/mol. The number of quaternary nitrogens is 1. The number of rotatable bonds is 4. The van der Waals surface area contributed by atoms with Crippen LogP contribution in [0.3, 0.4) is 0 Å². The molecular weight excluding hydrogens is 234 g/mol. The van der Waals surface area contributed by atoms with Crippen molar-refractivity contribution in [1.82, 2.24) is 0 Å². The van der Waals surface area contributed by atoms with Gasteiger partial charge in [-0.3, -0.25) is 9.59 Å². The third kappa shape index (κ3) is 10.6. The highest BCUT2D eigenvalue weighted by Crippen LogP contribution is 2.05. The zero-order valence-electron chi connectivity index (χ0n) is 11.0. The van der Waals surface area contributed by atoms with Crippen molar-refractivity contribution in [3.8, 4) is 0 Å². The molecule has 1 aromatic rings. The molecule has 0 saturated carbocycles. The number of aliphatic carboxylic acids is 2. The second-order valence-corrected chi connectivity index (χ2v) is 4.90. The molecule has 1 aromatic carbocycles. The van der Waals surface area contributed by atoms with Crippen LogP contribution in [-0.2, 0) is 16.1 Å². The van der Waals surface area contributed by atoms with Crippen LogP contribution in [0, 0.1) is 0 Å². The molecule has 0 aliphatic heterocycles. The standard InChI is InChI=1S/C10H16N.C3H4O4/c1-11(2,3)9-10-7-5-4-6-8-10;4-2(5)1-3(6)7/h4-8H,9H2,1-3H3;1H2,(H,4,5)(H,6,7)/q+1;. The molecule has 18 heavy (non-hydrogen) atoms. The van der Waals surface area contributed by atoms with E-state index < -0.39 is 18.4 Å². The van der Waals surface area contributed by atoms with Gasteiger partial charge in [0.1, 0.15) is 13.0 Å². The Kier molecular flexibility index (Phi) is 6.67. The maximum atomic E-state index is 9.43. The lowest BCUT2D eigenvalue weighted by Crippen LogP contribution is -2.33. The Morgan fingerprint density at radius 3 is 1.72 bits per heavy atom. The molecule has 0 radical (unpaired) electrons. The van der Waals surface area contributed by atoms with E-state index in [1.165, 1.54) is 5.56 Å². The predicted octanol–water partition coefficient (Wildman–Crippen LogP) is 1.44. The highest BCUT2D eigenvalue weighted by molar-refractivity contribution is 5.88. The van der Waals surface area contributed by atoms with Crippen LogP contribution >= 0.6 is 0 Å². The molecule has 0 aliphatic rings. The number of benzene rings is 1. The Balaban J connectivity index is 0.000000360.